The van der Waals surface area contributed by atoms with Crippen molar-refractivity contribution in [3.8, 4) is 0 Å². The van der Waals surface area contributed by atoms with Crippen molar-refractivity contribution in [1.29, 1.82) is 0 Å². The Morgan fingerprint density at radius 2 is 2.21 bits per heavy atom. The fraction of sp³-hybridized carbons (Fsp3) is 0.583. The molecule has 0 spiro atoms. The molecule has 1 aromatic rings. The minimum Gasteiger partial charge on any atom is -0.325 e. The van der Waals surface area contributed by atoms with Crippen LogP contribution in [0.4, 0.5) is 0 Å². The van der Waals surface area contributed by atoms with Gasteiger partial charge in [-0.05, 0) is 12.1 Å². The van der Waals surface area contributed by atoms with Gasteiger partial charge in [-0.15, -0.1) is 0 Å². The topological polar surface area (TPSA) is 76.3 Å². The number of pyridine rings is 1. The van der Waals surface area contributed by atoms with E-state index in [1.54, 1.807) is 11.8 Å². The van der Waals surface area contributed by atoms with Gasteiger partial charge in [-0.25, -0.2) is 8.42 Å². The summed E-state index contributed by atoms with van der Waals surface area (Å²) in [5, 5.41) is -0.408. The van der Waals surface area contributed by atoms with Crippen molar-refractivity contribution in [3.63, 3.8) is 0 Å². The maximum absolute atomic E-state index is 11.8. The molecule has 1 aromatic heterocycles. The highest BCUT2D eigenvalue weighted by molar-refractivity contribution is 8.00. The first-order chi connectivity index (χ1) is 9.00. The molecule has 7 heteroatoms. The maximum Gasteiger partial charge on any atom is 0.164 e. The van der Waals surface area contributed by atoms with E-state index in [-0.39, 0.29) is 0 Å². The van der Waals surface area contributed by atoms with Crippen LogP contribution in [0.5, 0.6) is 0 Å². The van der Waals surface area contributed by atoms with Gasteiger partial charge in [-0.1, -0.05) is 6.07 Å². The number of hydrogen-bond donors (Lipinski definition) is 1. The van der Waals surface area contributed by atoms with Crippen molar-refractivity contribution >= 4 is 21.6 Å². The maximum atomic E-state index is 11.8. The number of hydrogen-bond acceptors (Lipinski definition) is 6. The Balaban J connectivity index is 2.15. The van der Waals surface area contributed by atoms with Gasteiger partial charge >= 0.3 is 0 Å². The van der Waals surface area contributed by atoms with Crippen LogP contribution in [0.15, 0.2) is 18.2 Å². The molecule has 0 aliphatic carbocycles. The summed E-state index contributed by atoms with van der Waals surface area (Å²) < 4.78 is 23.6. The monoisotopic (exact) mass is 301 g/mol. The Labute approximate surface area is 118 Å². The summed E-state index contributed by atoms with van der Waals surface area (Å²) in [4.78, 5) is 6.43. The summed E-state index contributed by atoms with van der Waals surface area (Å²) in [6, 6.07) is 5.71. The molecule has 106 valence electrons. The lowest BCUT2D eigenvalue weighted by molar-refractivity contribution is 0.259. The molecule has 2 N–H and O–H groups in total. The molecule has 1 fully saturated rings. The molecule has 1 saturated heterocycles. The lowest BCUT2D eigenvalue weighted by Gasteiger charge is -2.33. The van der Waals surface area contributed by atoms with E-state index < -0.39 is 15.2 Å². The summed E-state index contributed by atoms with van der Waals surface area (Å²) in [6.07, 6.45) is 1.31. The standard InChI is InChI=1S/C12H19N3O2S2/c1-19(16,17)12-9-18-6-5-15(12)8-11-4-2-3-10(7-13)14-11/h2-4,12H,5-9,13H2,1H3. The van der Waals surface area contributed by atoms with E-state index in [1.165, 1.54) is 6.26 Å². The van der Waals surface area contributed by atoms with Crippen LogP contribution in [-0.2, 0) is 22.9 Å². The molecule has 0 radical (unpaired) electrons. The largest absolute Gasteiger partial charge is 0.325 e. The zero-order valence-corrected chi connectivity index (χ0v) is 12.6. The molecule has 2 rings (SSSR count). The molecule has 0 aromatic carbocycles. The van der Waals surface area contributed by atoms with Gasteiger partial charge in [0.1, 0.15) is 5.37 Å². The van der Waals surface area contributed by atoms with Crippen LogP contribution in [0.25, 0.3) is 0 Å². The van der Waals surface area contributed by atoms with Gasteiger partial charge in [0.25, 0.3) is 0 Å². The van der Waals surface area contributed by atoms with Crippen molar-refractivity contribution in [1.82, 2.24) is 9.88 Å². The van der Waals surface area contributed by atoms with Crippen molar-refractivity contribution in [2.45, 2.75) is 18.5 Å². The Hall–Kier alpha value is -0.630. The Morgan fingerprint density at radius 1 is 1.47 bits per heavy atom. The molecule has 5 nitrogen and oxygen atoms in total. The van der Waals surface area contributed by atoms with Gasteiger partial charge in [-0.3, -0.25) is 9.88 Å². The van der Waals surface area contributed by atoms with E-state index in [1.807, 2.05) is 23.1 Å². The third-order valence-electron chi connectivity index (χ3n) is 3.12. The third kappa shape index (κ3) is 3.92. The molecule has 1 unspecified atom stereocenters. The summed E-state index contributed by atoms with van der Waals surface area (Å²) in [5.74, 6) is 1.60. The molecule has 2 heterocycles. The molecule has 0 amide bonds. The van der Waals surface area contributed by atoms with Gasteiger partial charge in [0.2, 0.25) is 0 Å². The first-order valence-corrected chi connectivity index (χ1v) is 9.27. The van der Waals surface area contributed by atoms with Crippen LogP contribution < -0.4 is 5.73 Å². The average molecular weight is 301 g/mol. The minimum atomic E-state index is -3.06. The first kappa shape index (κ1) is 14.8. The Kier molecular flexibility index (Phi) is 4.83. The zero-order chi connectivity index (χ0) is 13.9. The van der Waals surface area contributed by atoms with Gasteiger partial charge in [0, 0.05) is 37.4 Å². The Morgan fingerprint density at radius 3 is 2.89 bits per heavy atom. The molecule has 19 heavy (non-hydrogen) atoms. The first-order valence-electron chi connectivity index (χ1n) is 6.16. The van der Waals surface area contributed by atoms with Gasteiger partial charge in [0.05, 0.1) is 11.4 Å². The van der Waals surface area contributed by atoms with E-state index >= 15 is 0 Å². The summed E-state index contributed by atoms with van der Waals surface area (Å²) in [5.41, 5.74) is 7.28. The third-order valence-corrected chi connectivity index (χ3v) is 5.81. The SMILES string of the molecule is CS(=O)(=O)C1CSCCN1Cc1cccc(CN)n1. The van der Waals surface area contributed by atoms with Crippen LogP contribution in [0, 0.1) is 0 Å². The highest BCUT2D eigenvalue weighted by Gasteiger charge is 2.30. The fourth-order valence-corrected chi connectivity index (χ4v) is 5.07. The van der Waals surface area contributed by atoms with Crippen molar-refractivity contribution in [3.05, 3.63) is 29.6 Å². The number of aromatic nitrogens is 1. The molecule has 0 saturated carbocycles. The Bertz CT molecular complexity index is 534. The van der Waals surface area contributed by atoms with Gasteiger partial charge in [-0.2, -0.15) is 11.8 Å². The second-order valence-electron chi connectivity index (χ2n) is 4.65. The minimum absolute atomic E-state index is 0.402. The molecule has 1 atom stereocenters. The second-order valence-corrected chi connectivity index (χ2v) is 8.01. The average Bonchev–Trinajstić information content (AvgIpc) is 2.38. The van der Waals surface area contributed by atoms with E-state index in [9.17, 15) is 8.42 Å². The molecule has 1 aliphatic heterocycles. The van der Waals surface area contributed by atoms with Crippen molar-refractivity contribution in [2.75, 3.05) is 24.3 Å². The lowest BCUT2D eigenvalue weighted by atomic mass is 10.3. The predicted octanol–water partition coefficient (Wildman–Crippen LogP) is 0.460. The number of sulfone groups is 1. The summed E-state index contributed by atoms with van der Waals surface area (Å²) >= 11 is 1.69. The highest BCUT2D eigenvalue weighted by Crippen LogP contribution is 2.21. The van der Waals surface area contributed by atoms with Crippen LogP contribution >= 0.6 is 11.8 Å². The number of nitrogens with two attached hydrogens (primary N) is 1. The normalized spacial score (nSPS) is 21.5. The van der Waals surface area contributed by atoms with E-state index in [0.717, 1.165) is 23.7 Å². The zero-order valence-electron chi connectivity index (χ0n) is 10.9. The molecular formula is C12H19N3O2S2. The van der Waals surface area contributed by atoms with Crippen LogP contribution in [0.2, 0.25) is 0 Å². The van der Waals surface area contributed by atoms with Crippen molar-refractivity contribution < 1.29 is 8.42 Å². The van der Waals surface area contributed by atoms with Gasteiger partial charge in [0.15, 0.2) is 9.84 Å². The molecular weight excluding hydrogens is 282 g/mol. The lowest BCUT2D eigenvalue weighted by Crippen LogP contribution is -2.46. The van der Waals surface area contributed by atoms with Crippen LogP contribution in [0.3, 0.4) is 0 Å². The van der Waals surface area contributed by atoms with E-state index in [0.29, 0.717) is 18.8 Å². The molecule has 0 bridgehead atoms. The van der Waals surface area contributed by atoms with Crippen LogP contribution in [-0.4, -0.2) is 48.0 Å². The highest BCUT2D eigenvalue weighted by atomic mass is 32.2. The number of thioether (sulfide) groups is 1. The number of rotatable bonds is 4. The van der Waals surface area contributed by atoms with Gasteiger partial charge < -0.3 is 5.73 Å². The molecule has 1 aliphatic rings. The second kappa shape index (κ2) is 6.21. The number of nitrogens with zero attached hydrogens (tertiary/aromatic N) is 2. The van der Waals surface area contributed by atoms with Crippen molar-refractivity contribution in [2.24, 2.45) is 5.73 Å². The fourth-order valence-electron chi connectivity index (χ4n) is 2.13. The van der Waals surface area contributed by atoms with E-state index in [4.69, 9.17) is 5.73 Å². The quantitative estimate of drug-likeness (QED) is 0.871. The van der Waals surface area contributed by atoms with E-state index in [2.05, 4.69) is 4.98 Å². The summed E-state index contributed by atoms with van der Waals surface area (Å²) in [6.45, 7) is 1.74. The van der Waals surface area contributed by atoms with Crippen LogP contribution in [0.1, 0.15) is 11.4 Å². The predicted molar refractivity (Wildman–Crippen MR) is 78.5 cm³/mol. The summed E-state index contributed by atoms with van der Waals surface area (Å²) in [7, 11) is -3.06. The smallest absolute Gasteiger partial charge is 0.164 e.